The summed E-state index contributed by atoms with van der Waals surface area (Å²) < 4.78 is 20.3. The maximum Gasteiger partial charge on any atom is 2.00 e. The third-order valence-electron chi connectivity index (χ3n) is 3.25. The van der Waals surface area contributed by atoms with E-state index in [0.717, 1.165) is 0 Å². The molecule has 2 aliphatic rings. The SMILES string of the molecule is CC1(C)OC[C@@H]([C@@H](O)C(=O)[O-])O1.CC1(C)OC[C@@H]([C@@H](O)C(=O)[O-])O1.[Ca+2]. The molecule has 0 unspecified atom stereocenters. The fourth-order valence-corrected chi connectivity index (χ4v) is 2.05. The van der Waals surface area contributed by atoms with Crippen molar-refractivity contribution in [1.82, 2.24) is 0 Å². The third kappa shape index (κ3) is 8.02. The van der Waals surface area contributed by atoms with E-state index in [-0.39, 0.29) is 51.0 Å². The number of aliphatic hydroxyl groups is 2. The van der Waals surface area contributed by atoms with Crippen molar-refractivity contribution in [2.75, 3.05) is 13.2 Å². The number of aliphatic carboxylic acids is 2. The minimum Gasteiger partial charge on any atom is -0.547 e. The number of aliphatic hydroxyl groups excluding tert-OH is 2. The molecular formula is C14H22CaO10. The molecule has 2 N–H and O–H groups in total. The van der Waals surface area contributed by atoms with Gasteiger partial charge in [0.1, 0.15) is 24.4 Å². The van der Waals surface area contributed by atoms with E-state index in [1.165, 1.54) is 0 Å². The summed E-state index contributed by atoms with van der Waals surface area (Å²) in [5.41, 5.74) is 0. The van der Waals surface area contributed by atoms with Gasteiger partial charge in [0.05, 0.1) is 25.2 Å². The molecule has 0 amide bonds. The van der Waals surface area contributed by atoms with Crippen LogP contribution in [0, 0.1) is 0 Å². The number of rotatable bonds is 4. The Morgan fingerprint density at radius 2 is 1.16 bits per heavy atom. The predicted molar refractivity (Wildman–Crippen MR) is 77.6 cm³/mol. The minimum atomic E-state index is -1.62. The Morgan fingerprint density at radius 3 is 1.32 bits per heavy atom. The molecule has 25 heavy (non-hydrogen) atoms. The molecule has 2 heterocycles. The van der Waals surface area contributed by atoms with Crippen LogP contribution in [0.2, 0.25) is 0 Å². The van der Waals surface area contributed by atoms with Gasteiger partial charge in [0, 0.05) is 0 Å². The first-order valence-corrected chi connectivity index (χ1v) is 7.26. The van der Waals surface area contributed by atoms with E-state index in [1.54, 1.807) is 27.7 Å². The molecule has 0 spiro atoms. The van der Waals surface area contributed by atoms with E-state index in [4.69, 9.17) is 29.2 Å². The fraction of sp³-hybridized carbons (Fsp3) is 0.857. The number of carboxylic acids is 2. The van der Waals surface area contributed by atoms with E-state index in [9.17, 15) is 19.8 Å². The van der Waals surface area contributed by atoms with E-state index >= 15 is 0 Å². The van der Waals surface area contributed by atoms with Gasteiger partial charge in [-0.25, -0.2) is 0 Å². The molecule has 10 nitrogen and oxygen atoms in total. The Bertz CT molecular complexity index is 425. The third-order valence-corrected chi connectivity index (χ3v) is 3.25. The van der Waals surface area contributed by atoms with Gasteiger partial charge in [0.15, 0.2) is 11.6 Å². The maximum atomic E-state index is 10.2. The summed E-state index contributed by atoms with van der Waals surface area (Å²) in [6.07, 6.45) is -4.89. The van der Waals surface area contributed by atoms with Crippen LogP contribution in [0.5, 0.6) is 0 Å². The molecule has 0 saturated carbocycles. The number of carbonyl (C=O) groups is 2. The average molecular weight is 390 g/mol. The first-order chi connectivity index (χ1) is 10.8. The second kappa shape index (κ2) is 9.77. The molecule has 0 aromatic carbocycles. The standard InChI is InChI=1S/2C7H12O5.Ca/c2*1-7(2)11-3-4(12-7)5(8)6(9)10;/h2*4-5,8H,3H2,1-2H3,(H,9,10);/q;;+2/p-2/t2*4-,5+;/m00./s1. The normalized spacial score (nSPS) is 28.9. The van der Waals surface area contributed by atoms with Crippen LogP contribution in [0.25, 0.3) is 0 Å². The van der Waals surface area contributed by atoms with Crippen LogP contribution in [0.15, 0.2) is 0 Å². The van der Waals surface area contributed by atoms with Gasteiger partial charge in [-0.15, -0.1) is 0 Å². The van der Waals surface area contributed by atoms with Crippen molar-refractivity contribution in [2.45, 2.75) is 63.7 Å². The largest absolute Gasteiger partial charge is 2.00 e. The molecule has 0 aliphatic carbocycles. The first-order valence-electron chi connectivity index (χ1n) is 7.26. The van der Waals surface area contributed by atoms with Gasteiger partial charge < -0.3 is 49.0 Å². The van der Waals surface area contributed by atoms with Gasteiger partial charge in [-0.1, -0.05) is 0 Å². The molecular weight excluding hydrogens is 368 g/mol. The predicted octanol–water partition coefficient (Wildman–Crippen LogP) is -3.88. The van der Waals surface area contributed by atoms with Crippen molar-refractivity contribution in [2.24, 2.45) is 0 Å². The van der Waals surface area contributed by atoms with Gasteiger partial charge in [0.2, 0.25) is 0 Å². The first kappa shape index (κ1) is 25.0. The van der Waals surface area contributed by atoms with Gasteiger partial charge in [-0.05, 0) is 27.7 Å². The van der Waals surface area contributed by atoms with Crippen LogP contribution >= 0.6 is 0 Å². The van der Waals surface area contributed by atoms with Crippen molar-refractivity contribution >= 4 is 49.7 Å². The average Bonchev–Trinajstić information content (AvgIpc) is 2.99. The van der Waals surface area contributed by atoms with Crippen molar-refractivity contribution < 1.29 is 49.0 Å². The monoisotopic (exact) mass is 390 g/mol. The summed E-state index contributed by atoms with van der Waals surface area (Å²) in [6.45, 7) is 6.73. The van der Waals surface area contributed by atoms with Crippen molar-refractivity contribution in [3.63, 3.8) is 0 Å². The summed E-state index contributed by atoms with van der Waals surface area (Å²) >= 11 is 0. The Hall–Kier alpha value is -0.0403. The molecule has 0 radical (unpaired) electrons. The Balaban J connectivity index is 0.000000443. The summed E-state index contributed by atoms with van der Waals surface area (Å²) in [7, 11) is 0. The smallest absolute Gasteiger partial charge is 0.547 e. The fourth-order valence-electron chi connectivity index (χ4n) is 2.05. The zero-order chi connectivity index (χ0) is 18.7. The Labute approximate surface area is 175 Å². The van der Waals surface area contributed by atoms with Crippen molar-refractivity contribution in [3.8, 4) is 0 Å². The Morgan fingerprint density at radius 1 is 0.880 bits per heavy atom. The summed E-state index contributed by atoms with van der Waals surface area (Å²) in [6, 6.07) is 0. The van der Waals surface area contributed by atoms with Gasteiger partial charge >= 0.3 is 37.7 Å². The molecule has 2 saturated heterocycles. The summed E-state index contributed by atoms with van der Waals surface area (Å²) in [5, 5.41) is 38.4. The van der Waals surface area contributed by atoms with E-state index in [0.29, 0.717) is 0 Å². The quantitative estimate of drug-likeness (QED) is 0.455. The topological polar surface area (TPSA) is 158 Å². The van der Waals surface area contributed by atoms with Crippen LogP contribution in [0.3, 0.4) is 0 Å². The molecule has 2 fully saturated rings. The van der Waals surface area contributed by atoms with Crippen LogP contribution < -0.4 is 10.2 Å². The molecule has 140 valence electrons. The number of carbonyl (C=O) groups excluding carboxylic acids is 2. The van der Waals surface area contributed by atoms with E-state index < -0.39 is 47.9 Å². The van der Waals surface area contributed by atoms with Gasteiger partial charge in [0.25, 0.3) is 0 Å². The molecule has 0 bridgehead atoms. The molecule has 2 aliphatic heterocycles. The molecule has 0 aromatic heterocycles. The molecule has 0 aromatic rings. The second-order valence-electron chi connectivity index (χ2n) is 6.26. The van der Waals surface area contributed by atoms with Crippen LogP contribution in [-0.2, 0) is 28.5 Å². The van der Waals surface area contributed by atoms with Gasteiger partial charge in [-0.3, -0.25) is 0 Å². The summed E-state index contributed by atoms with van der Waals surface area (Å²) in [5.74, 6) is -4.72. The number of hydrogen-bond donors (Lipinski definition) is 2. The van der Waals surface area contributed by atoms with E-state index in [1.807, 2.05) is 0 Å². The van der Waals surface area contributed by atoms with E-state index in [2.05, 4.69) is 0 Å². The zero-order valence-corrected chi connectivity index (χ0v) is 16.8. The van der Waals surface area contributed by atoms with Crippen LogP contribution in [-0.4, -0.2) is 109 Å². The Kier molecular flexibility index (Phi) is 9.75. The van der Waals surface area contributed by atoms with Crippen LogP contribution in [0.4, 0.5) is 0 Å². The number of carboxylic acid groups (broad SMARTS) is 2. The number of ether oxygens (including phenoxy) is 4. The molecule has 4 atom stereocenters. The second-order valence-corrected chi connectivity index (χ2v) is 6.26. The zero-order valence-electron chi connectivity index (χ0n) is 14.6. The van der Waals surface area contributed by atoms with Crippen molar-refractivity contribution in [1.29, 1.82) is 0 Å². The molecule has 11 heteroatoms. The van der Waals surface area contributed by atoms with Crippen LogP contribution in [0.1, 0.15) is 27.7 Å². The van der Waals surface area contributed by atoms with Gasteiger partial charge in [-0.2, -0.15) is 0 Å². The van der Waals surface area contributed by atoms with Crippen molar-refractivity contribution in [3.05, 3.63) is 0 Å². The molecule has 2 rings (SSSR count). The number of hydrogen-bond acceptors (Lipinski definition) is 10. The maximum absolute atomic E-state index is 10.2. The summed E-state index contributed by atoms with van der Waals surface area (Å²) in [4.78, 5) is 20.4. The minimum absolute atomic E-state index is 0.